The summed E-state index contributed by atoms with van der Waals surface area (Å²) in [7, 11) is 0. The molecule has 0 N–H and O–H groups in total. The minimum absolute atomic E-state index is 0.0106. The van der Waals surface area contributed by atoms with Crippen molar-refractivity contribution in [2.24, 2.45) is 0 Å². The Bertz CT molecular complexity index is 1080. The quantitative estimate of drug-likeness (QED) is 0.611. The molecule has 3 heterocycles. The predicted octanol–water partition coefficient (Wildman–Crippen LogP) is 3.63. The fourth-order valence-electron chi connectivity index (χ4n) is 3.25. The third-order valence-corrected chi connectivity index (χ3v) is 6.49. The van der Waals surface area contributed by atoms with E-state index in [1.165, 1.54) is 28.3 Å². The Hall–Kier alpha value is -2.35. The normalized spacial score (nSPS) is 14.3. The number of halogens is 2. The van der Waals surface area contributed by atoms with Crippen LogP contribution in [0.3, 0.4) is 0 Å². The Balaban J connectivity index is 1.37. The maximum atomic E-state index is 12.7. The number of hydrogen-bond acceptors (Lipinski definition) is 5. The molecule has 3 aromatic rings. The fourth-order valence-corrected chi connectivity index (χ4v) is 4.23. The lowest BCUT2D eigenvalue weighted by atomic mass is 10.2. The summed E-state index contributed by atoms with van der Waals surface area (Å²) in [6.45, 7) is 2.52. The molecule has 0 atom stereocenters. The average Bonchev–Trinajstić information content (AvgIpc) is 3.26. The largest absolute Gasteiger partial charge is 0.368 e. The van der Waals surface area contributed by atoms with E-state index in [2.05, 4.69) is 9.88 Å². The molecule has 0 bridgehead atoms. The summed E-state index contributed by atoms with van der Waals surface area (Å²) in [5, 5.41) is 2.97. The smallest absolute Gasteiger partial charge is 0.254 e. The number of carbonyl (C=O) groups excluding carboxylic acids is 1. The predicted molar refractivity (Wildman–Crippen MR) is 117 cm³/mol. The summed E-state index contributed by atoms with van der Waals surface area (Å²) in [5.41, 5.74) is 1.38. The van der Waals surface area contributed by atoms with Crippen LogP contribution in [0.4, 0.5) is 5.69 Å². The van der Waals surface area contributed by atoms with Crippen LogP contribution < -0.4 is 10.5 Å². The molecule has 9 heteroatoms. The highest BCUT2D eigenvalue weighted by atomic mass is 35.5. The van der Waals surface area contributed by atoms with Crippen molar-refractivity contribution in [3.8, 4) is 10.6 Å². The summed E-state index contributed by atoms with van der Waals surface area (Å²) < 4.78 is 1.35. The minimum Gasteiger partial charge on any atom is -0.368 e. The molecule has 1 aliphatic heterocycles. The number of amides is 1. The summed E-state index contributed by atoms with van der Waals surface area (Å²) in [6, 6.07) is 10.8. The van der Waals surface area contributed by atoms with E-state index in [0.29, 0.717) is 41.9 Å². The topological polar surface area (TPSA) is 58.4 Å². The van der Waals surface area contributed by atoms with Gasteiger partial charge < -0.3 is 9.80 Å². The van der Waals surface area contributed by atoms with Crippen LogP contribution in [0.2, 0.25) is 10.0 Å². The number of anilines is 1. The van der Waals surface area contributed by atoms with Crippen molar-refractivity contribution in [3.63, 3.8) is 0 Å². The SMILES string of the molecule is O=C(Cn1cnc(-c2cccs2)cc1=O)N1CCN(c2ccc(Cl)c(Cl)c2)CC1. The second-order valence-corrected chi connectivity index (χ2v) is 8.45. The van der Waals surface area contributed by atoms with E-state index in [0.717, 1.165) is 10.6 Å². The average molecular weight is 449 g/mol. The zero-order chi connectivity index (χ0) is 20.4. The van der Waals surface area contributed by atoms with Crippen LogP contribution in [0.1, 0.15) is 0 Å². The van der Waals surface area contributed by atoms with Crippen molar-refractivity contribution in [1.82, 2.24) is 14.5 Å². The Kier molecular flexibility index (Phi) is 5.89. The summed E-state index contributed by atoms with van der Waals surface area (Å²) in [4.78, 5) is 34.2. The molecule has 4 rings (SSSR count). The second-order valence-electron chi connectivity index (χ2n) is 6.68. The third kappa shape index (κ3) is 4.47. The van der Waals surface area contributed by atoms with E-state index in [4.69, 9.17) is 23.2 Å². The van der Waals surface area contributed by atoms with Gasteiger partial charge in [-0.05, 0) is 29.6 Å². The number of nitrogens with zero attached hydrogens (tertiary/aromatic N) is 4. The molecule has 0 unspecified atom stereocenters. The van der Waals surface area contributed by atoms with Crippen molar-refractivity contribution in [3.05, 3.63) is 68.5 Å². The van der Waals surface area contributed by atoms with Crippen molar-refractivity contribution in [1.29, 1.82) is 0 Å². The van der Waals surface area contributed by atoms with Gasteiger partial charge in [0.05, 0.1) is 26.9 Å². The first-order chi connectivity index (χ1) is 14.0. The van der Waals surface area contributed by atoms with Gasteiger partial charge in [-0.1, -0.05) is 29.3 Å². The molecule has 6 nitrogen and oxygen atoms in total. The van der Waals surface area contributed by atoms with Crippen LogP contribution in [0.15, 0.2) is 52.9 Å². The Morgan fingerprint density at radius 3 is 2.52 bits per heavy atom. The highest BCUT2D eigenvalue weighted by molar-refractivity contribution is 7.13. The number of benzene rings is 1. The van der Waals surface area contributed by atoms with Crippen molar-refractivity contribution in [2.75, 3.05) is 31.1 Å². The summed E-state index contributed by atoms with van der Waals surface area (Å²) in [6.07, 6.45) is 1.45. The van der Waals surface area contributed by atoms with Gasteiger partial charge >= 0.3 is 0 Å². The van der Waals surface area contributed by atoms with E-state index in [9.17, 15) is 9.59 Å². The lowest BCUT2D eigenvalue weighted by Crippen LogP contribution is -2.50. The lowest BCUT2D eigenvalue weighted by molar-refractivity contribution is -0.132. The van der Waals surface area contributed by atoms with E-state index < -0.39 is 0 Å². The molecule has 150 valence electrons. The van der Waals surface area contributed by atoms with Crippen LogP contribution in [0.25, 0.3) is 10.6 Å². The van der Waals surface area contributed by atoms with Crippen molar-refractivity contribution in [2.45, 2.75) is 6.54 Å². The van der Waals surface area contributed by atoms with E-state index >= 15 is 0 Å². The molecule has 0 radical (unpaired) electrons. The maximum absolute atomic E-state index is 12.7. The molecule has 1 saturated heterocycles. The number of hydrogen-bond donors (Lipinski definition) is 0. The standard InChI is InChI=1S/C20H18Cl2N4O2S/c21-15-4-3-14(10-16(15)22)24-5-7-25(8-6-24)20(28)12-26-13-23-17(11-19(26)27)18-2-1-9-29-18/h1-4,9-11,13H,5-8,12H2. The molecular weight excluding hydrogens is 431 g/mol. The number of aromatic nitrogens is 2. The van der Waals surface area contributed by atoms with Gasteiger partial charge in [-0.25, -0.2) is 4.98 Å². The second kappa shape index (κ2) is 8.57. The first-order valence-corrected chi connectivity index (χ1v) is 10.7. The van der Waals surface area contributed by atoms with Gasteiger partial charge in [0.25, 0.3) is 5.56 Å². The van der Waals surface area contributed by atoms with Crippen molar-refractivity contribution < 1.29 is 4.79 Å². The Morgan fingerprint density at radius 2 is 1.86 bits per heavy atom. The maximum Gasteiger partial charge on any atom is 0.254 e. The highest BCUT2D eigenvalue weighted by Crippen LogP contribution is 2.27. The first-order valence-electron chi connectivity index (χ1n) is 9.09. The molecule has 1 amide bonds. The van der Waals surface area contributed by atoms with Gasteiger partial charge in [-0.2, -0.15) is 0 Å². The fraction of sp³-hybridized carbons (Fsp3) is 0.250. The molecule has 0 spiro atoms. The zero-order valence-corrected chi connectivity index (χ0v) is 17.8. The monoisotopic (exact) mass is 448 g/mol. The van der Waals surface area contributed by atoms with Crippen LogP contribution >= 0.6 is 34.5 Å². The van der Waals surface area contributed by atoms with Gasteiger partial charge in [0, 0.05) is 37.9 Å². The number of thiophene rings is 1. The van der Waals surface area contributed by atoms with Crippen LogP contribution in [-0.4, -0.2) is 46.5 Å². The Labute approximate surface area is 181 Å². The zero-order valence-electron chi connectivity index (χ0n) is 15.4. The van der Waals surface area contributed by atoms with Gasteiger partial charge in [0.1, 0.15) is 6.54 Å². The number of rotatable bonds is 4. The van der Waals surface area contributed by atoms with Crippen LogP contribution in [-0.2, 0) is 11.3 Å². The minimum atomic E-state index is -0.230. The van der Waals surface area contributed by atoms with Gasteiger partial charge in [-0.3, -0.25) is 14.2 Å². The molecule has 2 aromatic heterocycles. The number of piperazine rings is 1. The van der Waals surface area contributed by atoms with Gasteiger partial charge in [-0.15, -0.1) is 11.3 Å². The van der Waals surface area contributed by atoms with Gasteiger partial charge in [0.15, 0.2) is 0 Å². The molecule has 0 aliphatic carbocycles. The lowest BCUT2D eigenvalue weighted by Gasteiger charge is -2.36. The van der Waals surface area contributed by atoms with Crippen LogP contribution in [0, 0.1) is 0 Å². The molecule has 1 aliphatic rings. The number of carbonyl (C=O) groups is 1. The van der Waals surface area contributed by atoms with Gasteiger partial charge in [0.2, 0.25) is 5.91 Å². The molecular formula is C20H18Cl2N4O2S. The summed E-state index contributed by atoms with van der Waals surface area (Å²) in [5.74, 6) is -0.0911. The first kappa shape index (κ1) is 19.9. The third-order valence-electron chi connectivity index (χ3n) is 4.86. The van der Waals surface area contributed by atoms with Crippen molar-refractivity contribution >= 4 is 46.1 Å². The molecule has 1 aromatic carbocycles. The molecule has 29 heavy (non-hydrogen) atoms. The Morgan fingerprint density at radius 1 is 1.07 bits per heavy atom. The van der Waals surface area contributed by atoms with E-state index in [1.54, 1.807) is 11.0 Å². The molecule has 1 fully saturated rings. The van der Waals surface area contributed by atoms with E-state index in [1.807, 2.05) is 29.6 Å². The van der Waals surface area contributed by atoms with E-state index in [-0.39, 0.29) is 18.0 Å². The summed E-state index contributed by atoms with van der Waals surface area (Å²) >= 11 is 13.6. The van der Waals surface area contributed by atoms with Crippen LogP contribution in [0.5, 0.6) is 0 Å². The molecule has 0 saturated carbocycles. The highest BCUT2D eigenvalue weighted by Gasteiger charge is 2.22.